The molecule has 1 aromatic carbocycles. The molecule has 1 aliphatic rings. The average Bonchev–Trinajstić information content (AvgIpc) is 3.11. The second kappa shape index (κ2) is 6.46. The molecule has 0 unspecified atom stereocenters. The maximum absolute atomic E-state index is 11.9. The third-order valence-corrected chi connectivity index (χ3v) is 3.52. The van der Waals surface area contributed by atoms with E-state index < -0.39 is 0 Å². The van der Waals surface area contributed by atoms with E-state index in [0.717, 1.165) is 36.8 Å². The van der Waals surface area contributed by atoms with Crippen molar-refractivity contribution in [3.05, 3.63) is 35.9 Å². The first-order valence-electron chi connectivity index (χ1n) is 7.45. The highest BCUT2D eigenvalue weighted by atomic mass is 16.5. The topological polar surface area (TPSA) is 81.1 Å². The summed E-state index contributed by atoms with van der Waals surface area (Å²) in [6.07, 6.45) is 2.06. The van der Waals surface area contributed by atoms with Crippen molar-refractivity contribution in [2.75, 3.05) is 11.9 Å². The molecule has 22 heavy (non-hydrogen) atoms. The van der Waals surface area contributed by atoms with Crippen molar-refractivity contribution in [3.63, 3.8) is 0 Å². The van der Waals surface area contributed by atoms with Gasteiger partial charge in [-0.1, -0.05) is 0 Å². The number of aromatic nitrogens is 3. The van der Waals surface area contributed by atoms with Gasteiger partial charge in [0.15, 0.2) is 5.82 Å². The van der Waals surface area contributed by atoms with Crippen LogP contribution in [0.5, 0.6) is 5.75 Å². The molecule has 0 aliphatic carbocycles. The molecule has 2 amide bonds. The van der Waals surface area contributed by atoms with Crippen LogP contribution in [0.1, 0.15) is 25.0 Å². The minimum absolute atomic E-state index is 0.264. The summed E-state index contributed by atoms with van der Waals surface area (Å²) in [6.45, 7) is 3.85. The van der Waals surface area contributed by atoms with Crippen LogP contribution in [-0.4, -0.2) is 27.4 Å². The Bertz CT molecular complexity index is 650. The molecule has 2 aromatic rings. The first-order valence-corrected chi connectivity index (χ1v) is 7.45. The molecule has 0 bridgehead atoms. The zero-order valence-electron chi connectivity index (χ0n) is 12.5. The highest BCUT2D eigenvalue weighted by Crippen LogP contribution is 2.16. The number of anilines is 1. The number of aryl methyl sites for hydroxylation is 1. The number of carbonyl (C=O) groups is 1. The number of benzene rings is 1. The fraction of sp³-hybridized carbons (Fsp3) is 0.400. The van der Waals surface area contributed by atoms with E-state index in [1.165, 1.54) is 0 Å². The van der Waals surface area contributed by atoms with Crippen molar-refractivity contribution >= 4 is 11.7 Å². The first-order chi connectivity index (χ1) is 10.8. The van der Waals surface area contributed by atoms with Gasteiger partial charge >= 0.3 is 6.03 Å². The number of hydrogen-bond acceptors (Lipinski definition) is 4. The molecule has 0 atom stereocenters. The molecule has 7 heteroatoms. The number of nitrogens with one attached hydrogen (secondary N) is 2. The lowest BCUT2D eigenvalue weighted by molar-refractivity contribution is 0.251. The van der Waals surface area contributed by atoms with E-state index in [2.05, 4.69) is 25.4 Å². The van der Waals surface area contributed by atoms with Crippen molar-refractivity contribution in [1.82, 2.24) is 20.1 Å². The lowest BCUT2D eigenvalue weighted by Crippen LogP contribution is -2.29. The summed E-state index contributed by atoms with van der Waals surface area (Å²) in [7, 11) is 0. The standard InChI is InChI=1S/C15H19N5O2/c1-2-22-12-7-5-11(6-8-12)17-15(21)16-10-14-19-18-13-4-3-9-20(13)14/h5-8H,2-4,9-10H2,1H3,(H2,16,17,21). The van der Waals surface area contributed by atoms with Gasteiger partial charge in [0.25, 0.3) is 0 Å². The van der Waals surface area contributed by atoms with Gasteiger partial charge in [-0.3, -0.25) is 0 Å². The Balaban J connectivity index is 1.51. The predicted octanol–water partition coefficient (Wildman–Crippen LogP) is 1.94. The smallest absolute Gasteiger partial charge is 0.319 e. The van der Waals surface area contributed by atoms with Gasteiger partial charge in [-0.15, -0.1) is 10.2 Å². The SMILES string of the molecule is CCOc1ccc(NC(=O)NCc2nnc3n2CCC3)cc1. The largest absolute Gasteiger partial charge is 0.494 e. The van der Waals surface area contributed by atoms with Gasteiger partial charge in [-0.2, -0.15) is 0 Å². The summed E-state index contributed by atoms with van der Waals surface area (Å²) in [5, 5.41) is 13.8. The second-order valence-corrected chi connectivity index (χ2v) is 5.05. The predicted molar refractivity (Wildman–Crippen MR) is 81.8 cm³/mol. The number of fused-ring (bicyclic) bond motifs is 1. The van der Waals surface area contributed by atoms with Crippen molar-refractivity contribution < 1.29 is 9.53 Å². The Hall–Kier alpha value is -2.57. The first kappa shape index (κ1) is 14.4. The zero-order valence-corrected chi connectivity index (χ0v) is 12.5. The van der Waals surface area contributed by atoms with Gasteiger partial charge in [-0.25, -0.2) is 4.79 Å². The van der Waals surface area contributed by atoms with E-state index in [9.17, 15) is 4.79 Å². The van der Waals surface area contributed by atoms with Crippen molar-refractivity contribution in [2.45, 2.75) is 32.9 Å². The van der Waals surface area contributed by atoms with Crippen LogP contribution in [0.4, 0.5) is 10.5 Å². The molecule has 0 radical (unpaired) electrons. The van der Waals surface area contributed by atoms with Gasteiger partial charge in [0, 0.05) is 18.7 Å². The second-order valence-electron chi connectivity index (χ2n) is 5.05. The van der Waals surface area contributed by atoms with Crippen LogP contribution in [0.15, 0.2) is 24.3 Å². The Morgan fingerprint density at radius 1 is 1.32 bits per heavy atom. The molecule has 0 saturated heterocycles. The maximum Gasteiger partial charge on any atom is 0.319 e. The van der Waals surface area contributed by atoms with Crippen LogP contribution in [-0.2, 0) is 19.5 Å². The summed E-state index contributed by atoms with van der Waals surface area (Å²) in [5.41, 5.74) is 0.715. The highest BCUT2D eigenvalue weighted by Gasteiger charge is 2.17. The number of rotatable bonds is 5. The van der Waals surface area contributed by atoms with Crippen LogP contribution in [0, 0.1) is 0 Å². The van der Waals surface area contributed by atoms with Crippen LogP contribution in [0.3, 0.4) is 0 Å². The molecule has 0 fully saturated rings. The molecule has 3 rings (SSSR count). The lowest BCUT2D eigenvalue weighted by atomic mass is 10.3. The van der Waals surface area contributed by atoms with E-state index in [0.29, 0.717) is 18.8 Å². The molecular formula is C15H19N5O2. The van der Waals surface area contributed by atoms with E-state index in [-0.39, 0.29) is 6.03 Å². The quantitative estimate of drug-likeness (QED) is 0.884. The van der Waals surface area contributed by atoms with Crippen LogP contribution < -0.4 is 15.4 Å². The summed E-state index contributed by atoms with van der Waals surface area (Å²) in [6, 6.07) is 6.99. The number of urea groups is 1. The minimum atomic E-state index is -0.264. The molecule has 116 valence electrons. The van der Waals surface area contributed by atoms with E-state index in [1.54, 1.807) is 12.1 Å². The normalized spacial score (nSPS) is 12.8. The van der Waals surface area contributed by atoms with Gasteiger partial charge in [0.2, 0.25) is 0 Å². The molecule has 2 heterocycles. The Morgan fingerprint density at radius 2 is 2.14 bits per heavy atom. The van der Waals surface area contributed by atoms with Crippen LogP contribution in [0.2, 0.25) is 0 Å². The van der Waals surface area contributed by atoms with Gasteiger partial charge in [-0.05, 0) is 37.6 Å². The monoisotopic (exact) mass is 301 g/mol. The molecule has 1 aromatic heterocycles. The molecule has 1 aliphatic heterocycles. The Labute approximate surface area is 128 Å². The van der Waals surface area contributed by atoms with Gasteiger partial charge in [0.1, 0.15) is 11.6 Å². The third kappa shape index (κ3) is 3.19. The Kier molecular flexibility index (Phi) is 4.22. The number of amides is 2. The van der Waals surface area contributed by atoms with Gasteiger partial charge < -0.3 is 19.9 Å². The van der Waals surface area contributed by atoms with Crippen LogP contribution >= 0.6 is 0 Å². The van der Waals surface area contributed by atoms with E-state index >= 15 is 0 Å². The van der Waals surface area contributed by atoms with Gasteiger partial charge in [0.05, 0.1) is 13.2 Å². The van der Waals surface area contributed by atoms with Crippen molar-refractivity contribution in [3.8, 4) is 5.75 Å². The highest BCUT2D eigenvalue weighted by molar-refractivity contribution is 5.89. The molecular weight excluding hydrogens is 282 g/mol. The zero-order chi connectivity index (χ0) is 15.4. The summed E-state index contributed by atoms with van der Waals surface area (Å²) in [4.78, 5) is 11.9. The summed E-state index contributed by atoms with van der Waals surface area (Å²) >= 11 is 0. The number of hydrogen-bond donors (Lipinski definition) is 2. The molecule has 0 saturated carbocycles. The third-order valence-electron chi connectivity index (χ3n) is 3.52. The molecule has 7 nitrogen and oxygen atoms in total. The van der Waals surface area contributed by atoms with Crippen molar-refractivity contribution in [1.29, 1.82) is 0 Å². The maximum atomic E-state index is 11.9. The minimum Gasteiger partial charge on any atom is -0.494 e. The number of carbonyl (C=O) groups excluding carboxylic acids is 1. The van der Waals surface area contributed by atoms with Crippen molar-refractivity contribution in [2.24, 2.45) is 0 Å². The fourth-order valence-corrected chi connectivity index (χ4v) is 2.48. The summed E-state index contributed by atoms with van der Waals surface area (Å²) < 4.78 is 7.43. The number of ether oxygens (including phenoxy) is 1. The number of nitrogens with zero attached hydrogens (tertiary/aromatic N) is 3. The Morgan fingerprint density at radius 3 is 2.91 bits per heavy atom. The lowest BCUT2D eigenvalue weighted by Gasteiger charge is -2.09. The fourth-order valence-electron chi connectivity index (χ4n) is 2.48. The van der Waals surface area contributed by atoms with E-state index in [1.807, 2.05) is 19.1 Å². The summed E-state index contributed by atoms with van der Waals surface area (Å²) in [5.74, 6) is 2.59. The van der Waals surface area contributed by atoms with Crippen LogP contribution in [0.25, 0.3) is 0 Å². The molecule has 2 N–H and O–H groups in total. The average molecular weight is 301 g/mol. The van der Waals surface area contributed by atoms with E-state index in [4.69, 9.17) is 4.74 Å². The molecule has 0 spiro atoms.